The Bertz CT molecular complexity index is 1040. The van der Waals surface area contributed by atoms with Crippen molar-refractivity contribution in [3.8, 4) is 0 Å². The van der Waals surface area contributed by atoms with Gasteiger partial charge in [0.15, 0.2) is 0 Å². The minimum Gasteiger partial charge on any atom is -0.464 e. The van der Waals surface area contributed by atoms with E-state index in [4.69, 9.17) is 4.42 Å². The molecular weight excluding hydrogens is 426 g/mol. The van der Waals surface area contributed by atoms with E-state index in [1.165, 1.54) is 0 Å². The molecule has 0 aliphatic rings. The van der Waals surface area contributed by atoms with Crippen LogP contribution in [-0.4, -0.2) is 41.4 Å². The van der Waals surface area contributed by atoms with Gasteiger partial charge >= 0.3 is 6.03 Å². The molecule has 0 unspecified atom stereocenters. The van der Waals surface area contributed by atoms with E-state index in [1.54, 1.807) is 9.80 Å². The van der Waals surface area contributed by atoms with Crippen LogP contribution in [0, 0.1) is 13.8 Å². The van der Waals surface area contributed by atoms with Crippen LogP contribution in [-0.2, 0) is 17.8 Å². The van der Waals surface area contributed by atoms with E-state index in [1.807, 2.05) is 68.4 Å². The Morgan fingerprint density at radius 3 is 2.26 bits per heavy atom. The monoisotopic (exact) mass is 461 g/mol. The highest BCUT2D eigenvalue weighted by atomic mass is 16.3. The van der Waals surface area contributed by atoms with Crippen molar-refractivity contribution in [2.75, 3.05) is 25.0 Å². The summed E-state index contributed by atoms with van der Waals surface area (Å²) in [5.74, 6) is 1.45. The molecule has 0 saturated heterocycles. The second-order valence-electron chi connectivity index (χ2n) is 8.63. The molecule has 1 heterocycles. The van der Waals surface area contributed by atoms with Gasteiger partial charge in [0.2, 0.25) is 5.91 Å². The zero-order valence-electron chi connectivity index (χ0n) is 20.4. The summed E-state index contributed by atoms with van der Waals surface area (Å²) in [7, 11) is 0. The first kappa shape index (κ1) is 25.1. The second-order valence-corrected chi connectivity index (χ2v) is 8.63. The first-order chi connectivity index (χ1) is 16.4. The fourth-order valence-electron chi connectivity index (χ4n) is 3.66. The predicted octanol–water partition coefficient (Wildman–Crippen LogP) is 5.80. The number of hydrogen-bond donors (Lipinski definition) is 1. The van der Waals surface area contributed by atoms with E-state index in [0.717, 1.165) is 47.6 Å². The minimum atomic E-state index is -0.262. The van der Waals surface area contributed by atoms with E-state index < -0.39 is 0 Å². The number of carbonyl (C=O) groups excluding carboxylic acids is 2. The van der Waals surface area contributed by atoms with E-state index in [-0.39, 0.29) is 18.5 Å². The van der Waals surface area contributed by atoms with Crippen molar-refractivity contribution >= 4 is 17.6 Å². The van der Waals surface area contributed by atoms with Gasteiger partial charge < -0.3 is 19.5 Å². The lowest BCUT2D eigenvalue weighted by atomic mass is 10.1. The molecule has 0 atom stereocenters. The number of urea groups is 1. The highest BCUT2D eigenvalue weighted by Gasteiger charge is 2.22. The van der Waals surface area contributed by atoms with E-state index in [9.17, 15) is 9.59 Å². The molecule has 3 amide bonds. The largest absolute Gasteiger partial charge is 0.464 e. The molecule has 3 rings (SSSR count). The maximum atomic E-state index is 13.4. The van der Waals surface area contributed by atoms with Crippen molar-refractivity contribution in [3.63, 3.8) is 0 Å². The molecule has 0 fully saturated rings. The van der Waals surface area contributed by atoms with Crippen molar-refractivity contribution in [1.29, 1.82) is 0 Å². The van der Waals surface area contributed by atoms with Crippen molar-refractivity contribution in [2.24, 2.45) is 0 Å². The lowest BCUT2D eigenvalue weighted by Gasteiger charge is -2.27. The van der Waals surface area contributed by atoms with Crippen LogP contribution in [0.4, 0.5) is 10.5 Å². The summed E-state index contributed by atoms with van der Waals surface area (Å²) in [6.07, 6.45) is 2.50. The summed E-state index contributed by atoms with van der Waals surface area (Å²) in [5, 5.41) is 2.93. The van der Waals surface area contributed by atoms with Crippen LogP contribution in [0.15, 0.2) is 71.1 Å². The standard InChI is InChI=1S/C28H35N3O3/c1-4-5-18-31(28(33)29-25-14-11-22(2)12-15-25)21-27(32)30(20-26-16-13-23(3)34-26)19-17-24-9-7-6-8-10-24/h6-16H,4-5,17-21H2,1-3H3,(H,29,33). The smallest absolute Gasteiger partial charge is 0.322 e. The van der Waals surface area contributed by atoms with Crippen LogP contribution in [0.2, 0.25) is 0 Å². The fraction of sp³-hybridized carbons (Fsp3) is 0.357. The van der Waals surface area contributed by atoms with Crippen LogP contribution >= 0.6 is 0 Å². The summed E-state index contributed by atoms with van der Waals surface area (Å²) < 4.78 is 5.74. The van der Waals surface area contributed by atoms with Gasteiger partial charge in [-0.2, -0.15) is 0 Å². The Morgan fingerprint density at radius 2 is 1.62 bits per heavy atom. The maximum Gasteiger partial charge on any atom is 0.322 e. The maximum absolute atomic E-state index is 13.4. The van der Waals surface area contributed by atoms with Gasteiger partial charge in [-0.25, -0.2) is 4.79 Å². The predicted molar refractivity (Wildman–Crippen MR) is 136 cm³/mol. The number of nitrogens with zero attached hydrogens (tertiary/aromatic N) is 2. The minimum absolute atomic E-state index is 0.0200. The third-order valence-corrected chi connectivity index (χ3v) is 5.71. The molecule has 0 aliphatic heterocycles. The van der Waals surface area contributed by atoms with Gasteiger partial charge in [0.25, 0.3) is 0 Å². The van der Waals surface area contributed by atoms with E-state index in [2.05, 4.69) is 24.4 Å². The number of anilines is 1. The lowest BCUT2D eigenvalue weighted by Crippen LogP contribution is -2.45. The molecule has 0 saturated carbocycles. The third-order valence-electron chi connectivity index (χ3n) is 5.71. The van der Waals surface area contributed by atoms with Crippen molar-refractivity contribution in [1.82, 2.24) is 9.80 Å². The molecule has 6 nitrogen and oxygen atoms in total. The van der Waals surface area contributed by atoms with E-state index in [0.29, 0.717) is 19.6 Å². The van der Waals surface area contributed by atoms with Gasteiger partial charge in [-0.3, -0.25) is 4.79 Å². The van der Waals surface area contributed by atoms with Gasteiger partial charge in [-0.15, -0.1) is 0 Å². The van der Waals surface area contributed by atoms with Crippen LogP contribution < -0.4 is 5.32 Å². The summed E-state index contributed by atoms with van der Waals surface area (Å²) in [6, 6.07) is 21.3. The van der Waals surface area contributed by atoms with Crippen molar-refractivity contribution < 1.29 is 14.0 Å². The Balaban J connectivity index is 1.71. The average molecular weight is 462 g/mol. The van der Waals surface area contributed by atoms with Gasteiger partial charge in [-0.05, 0) is 56.5 Å². The molecule has 0 aliphatic carbocycles. The second kappa shape index (κ2) is 12.6. The molecule has 3 aromatic rings. The summed E-state index contributed by atoms with van der Waals surface area (Å²) >= 11 is 0. The molecular formula is C28H35N3O3. The first-order valence-corrected chi connectivity index (χ1v) is 11.9. The number of benzene rings is 2. The summed E-state index contributed by atoms with van der Waals surface area (Å²) in [5.41, 5.74) is 3.01. The summed E-state index contributed by atoms with van der Waals surface area (Å²) in [4.78, 5) is 29.8. The SMILES string of the molecule is CCCCN(CC(=O)N(CCc1ccccc1)Cc1ccc(C)o1)C(=O)Nc1ccc(C)cc1. The van der Waals surface area contributed by atoms with Crippen LogP contribution in [0.1, 0.15) is 42.4 Å². The molecule has 180 valence electrons. The number of nitrogens with one attached hydrogen (secondary N) is 1. The molecule has 34 heavy (non-hydrogen) atoms. The number of furan rings is 1. The molecule has 0 bridgehead atoms. The topological polar surface area (TPSA) is 65.8 Å². The van der Waals surface area contributed by atoms with Crippen LogP contribution in [0.25, 0.3) is 0 Å². The molecule has 1 N–H and O–H groups in total. The van der Waals surface area contributed by atoms with Crippen molar-refractivity contribution in [3.05, 3.63) is 89.4 Å². The van der Waals surface area contributed by atoms with Crippen LogP contribution in [0.5, 0.6) is 0 Å². The van der Waals surface area contributed by atoms with E-state index >= 15 is 0 Å². The Kier molecular flexibility index (Phi) is 9.32. The number of unbranched alkanes of at least 4 members (excludes halogenated alkanes) is 1. The number of hydrogen-bond acceptors (Lipinski definition) is 3. The lowest BCUT2D eigenvalue weighted by molar-refractivity contribution is -0.132. The quantitative estimate of drug-likeness (QED) is 0.392. The third kappa shape index (κ3) is 7.80. The molecule has 0 radical (unpaired) electrons. The molecule has 6 heteroatoms. The number of rotatable bonds is 11. The zero-order valence-corrected chi connectivity index (χ0v) is 20.4. The normalized spacial score (nSPS) is 10.7. The average Bonchev–Trinajstić information content (AvgIpc) is 3.25. The first-order valence-electron chi connectivity index (χ1n) is 11.9. The Morgan fingerprint density at radius 1 is 0.882 bits per heavy atom. The van der Waals surface area contributed by atoms with Crippen LogP contribution in [0.3, 0.4) is 0 Å². The van der Waals surface area contributed by atoms with Gasteiger partial charge in [0, 0.05) is 18.8 Å². The highest BCUT2D eigenvalue weighted by Crippen LogP contribution is 2.14. The Labute approximate surface area is 202 Å². The number of amides is 3. The molecule has 2 aromatic carbocycles. The van der Waals surface area contributed by atoms with Crippen molar-refractivity contribution in [2.45, 2.75) is 46.6 Å². The number of aryl methyl sites for hydroxylation is 2. The molecule has 1 aromatic heterocycles. The van der Waals surface area contributed by atoms with Gasteiger partial charge in [0.1, 0.15) is 18.1 Å². The van der Waals surface area contributed by atoms with Gasteiger partial charge in [0.05, 0.1) is 6.54 Å². The zero-order chi connectivity index (χ0) is 24.3. The van der Waals surface area contributed by atoms with Gasteiger partial charge in [-0.1, -0.05) is 61.4 Å². The number of carbonyl (C=O) groups is 2. The summed E-state index contributed by atoms with van der Waals surface area (Å²) in [6.45, 7) is 7.43. The fourth-order valence-corrected chi connectivity index (χ4v) is 3.66. The Hall–Kier alpha value is -3.54. The molecule has 0 spiro atoms. The highest BCUT2D eigenvalue weighted by molar-refractivity contribution is 5.92.